The van der Waals surface area contributed by atoms with E-state index >= 15 is 0 Å². The van der Waals surface area contributed by atoms with Crippen LogP contribution in [0.25, 0.3) is 17.0 Å². The highest BCUT2D eigenvalue weighted by Gasteiger charge is 2.30. The normalized spacial score (nSPS) is 15.6. The van der Waals surface area contributed by atoms with Gasteiger partial charge in [0.2, 0.25) is 5.89 Å². The number of aromatic nitrogens is 4. The lowest BCUT2D eigenvalue weighted by Gasteiger charge is -2.08. The number of fused-ring (bicyclic) bond motifs is 1. The average molecular weight is 377 g/mol. The highest BCUT2D eigenvalue weighted by atomic mass is 19.1. The van der Waals surface area contributed by atoms with Crippen LogP contribution < -0.4 is 5.32 Å². The fourth-order valence-electron chi connectivity index (χ4n) is 3.47. The summed E-state index contributed by atoms with van der Waals surface area (Å²) in [5.74, 6) is 0.956. The lowest BCUT2D eigenvalue weighted by Crippen LogP contribution is -2.09. The third kappa shape index (κ3) is 3.06. The summed E-state index contributed by atoms with van der Waals surface area (Å²) in [6, 6.07) is 6.66. The standard InChI is InChI=1S/C21H20FN5O/c1-11(2)24-21-27-26-20(28-21)14-6-3-12-7-8-15(16(12)9-14)19-23-10-17(22)18(25-19)13-4-5-13/h3,6,8-11,13H,4-5,7H2,1-2H3,(H,24,27). The molecule has 1 N–H and O–H groups in total. The van der Waals surface area contributed by atoms with Crippen molar-refractivity contribution in [3.8, 4) is 11.5 Å². The molecule has 3 aromatic rings. The van der Waals surface area contributed by atoms with Gasteiger partial charge in [-0.1, -0.05) is 17.2 Å². The van der Waals surface area contributed by atoms with Gasteiger partial charge in [0.25, 0.3) is 0 Å². The third-order valence-electron chi connectivity index (χ3n) is 4.99. The van der Waals surface area contributed by atoms with Crippen molar-refractivity contribution in [3.05, 3.63) is 58.9 Å². The van der Waals surface area contributed by atoms with E-state index < -0.39 is 0 Å². The van der Waals surface area contributed by atoms with E-state index in [0.29, 0.717) is 23.4 Å². The summed E-state index contributed by atoms with van der Waals surface area (Å²) in [4.78, 5) is 8.79. The Kier molecular flexibility index (Phi) is 3.96. The summed E-state index contributed by atoms with van der Waals surface area (Å²) in [5.41, 5.74) is 4.51. The second-order valence-corrected chi connectivity index (χ2v) is 7.61. The molecule has 0 spiro atoms. The molecule has 1 aromatic carbocycles. The second kappa shape index (κ2) is 6.51. The van der Waals surface area contributed by atoms with Crippen LogP contribution in [0, 0.1) is 5.82 Å². The van der Waals surface area contributed by atoms with E-state index in [1.54, 1.807) is 0 Å². The fourth-order valence-corrected chi connectivity index (χ4v) is 3.47. The maximum absolute atomic E-state index is 14.0. The van der Waals surface area contributed by atoms with Crippen molar-refractivity contribution < 1.29 is 8.81 Å². The van der Waals surface area contributed by atoms with Gasteiger partial charge >= 0.3 is 6.01 Å². The Balaban J connectivity index is 1.49. The number of rotatable bonds is 5. The summed E-state index contributed by atoms with van der Waals surface area (Å²) in [6.07, 6.45) is 6.18. The number of halogens is 1. The topological polar surface area (TPSA) is 76.7 Å². The highest BCUT2D eigenvalue weighted by molar-refractivity contribution is 5.83. The summed E-state index contributed by atoms with van der Waals surface area (Å²) >= 11 is 0. The Bertz CT molecular complexity index is 1080. The van der Waals surface area contributed by atoms with Crippen LogP contribution in [0.5, 0.6) is 0 Å². The lowest BCUT2D eigenvalue weighted by atomic mass is 10.0. The minimum Gasteiger partial charge on any atom is -0.403 e. The van der Waals surface area contributed by atoms with E-state index in [-0.39, 0.29) is 17.8 Å². The van der Waals surface area contributed by atoms with E-state index in [1.807, 2.05) is 26.0 Å². The van der Waals surface area contributed by atoms with Crippen LogP contribution in [0.15, 0.2) is 34.9 Å². The maximum Gasteiger partial charge on any atom is 0.315 e. The van der Waals surface area contributed by atoms with Gasteiger partial charge in [0.1, 0.15) is 0 Å². The van der Waals surface area contributed by atoms with Crippen molar-refractivity contribution in [2.24, 2.45) is 0 Å². The van der Waals surface area contributed by atoms with Crippen molar-refractivity contribution in [3.63, 3.8) is 0 Å². The predicted molar refractivity (Wildman–Crippen MR) is 103 cm³/mol. The zero-order valence-corrected chi connectivity index (χ0v) is 15.7. The van der Waals surface area contributed by atoms with Crippen LogP contribution in [0.3, 0.4) is 0 Å². The number of benzene rings is 1. The van der Waals surface area contributed by atoms with Gasteiger partial charge in [0.05, 0.1) is 11.9 Å². The van der Waals surface area contributed by atoms with Crippen LogP contribution >= 0.6 is 0 Å². The van der Waals surface area contributed by atoms with E-state index in [4.69, 9.17) is 4.42 Å². The Hall–Kier alpha value is -3.09. The molecule has 0 atom stereocenters. The Morgan fingerprint density at radius 2 is 2.07 bits per heavy atom. The molecule has 0 amide bonds. The molecule has 5 rings (SSSR count). The van der Waals surface area contributed by atoms with Gasteiger partial charge in [-0.2, -0.15) is 0 Å². The molecule has 2 aromatic heterocycles. The van der Waals surface area contributed by atoms with E-state index in [2.05, 4.69) is 37.6 Å². The molecule has 2 aliphatic carbocycles. The second-order valence-electron chi connectivity index (χ2n) is 7.61. The first-order valence-electron chi connectivity index (χ1n) is 9.55. The Labute approximate surface area is 161 Å². The van der Waals surface area contributed by atoms with E-state index in [9.17, 15) is 4.39 Å². The quantitative estimate of drug-likeness (QED) is 0.712. The molecule has 6 nitrogen and oxygen atoms in total. The fraction of sp³-hybridized carbons (Fsp3) is 0.333. The molecule has 7 heteroatoms. The largest absolute Gasteiger partial charge is 0.403 e. The van der Waals surface area contributed by atoms with Crippen molar-refractivity contribution in [1.29, 1.82) is 0 Å². The molecule has 0 unspecified atom stereocenters. The predicted octanol–water partition coefficient (Wildman–Crippen LogP) is 4.35. The van der Waals surface area contributed by atoms with Crippen molar-refractivity contribution in [2.45, 2.75) is 45.1 Å². The summed E-state index contributed by atoms with van der Waals surface area (Å²) in [6.45, 7) is 4.02. The first kappa shape index (κ1) is 17.0. The molecule has 0 bridgehead atoms. The van der Waals surface area contributed by atoms with Gasteiger partial charge in [-0.3, -0.25) is 0 Å². The van der Waals surface area contributed by atoms with Gasteiger partial charge in [-0.25, -0.2) is 14.4 Å². The van der Waals surface area contributed by atoms with Crippen molar-refractivity contribution in [1.82, 2.24) is 20.2 Å². The minimum atomic E-state index is -0.310. The maximum atomic E-state index is 14.0. The van der Waals surface area contributed by atoms with E-state index in [1.165, 1.54) is 11.8 Å². The SMILES string of the molecule is CC(C)Nc1nnc(-c2ccc3c(c2)C(c2ncc(F)c(C4CC4)n2)=CC3)o1. The number of hydrogen-bond acceptors (Lipinski definition) is 6. The van der Waals surface area contributed by atoms with E-state index in [0.717, 1.165) is 36.0 Å². The Morgan fingerprint density at radius 3 is 2.86 bits per heavy atom. The lowest BCUT2D eigenvalue weighted by molar-refractivity contribution is 0.574. The highest BCUT2D eigenvalue weighted by Crippen LogP contribution is 2.41. The first-order chi connectivity index (χ1) is 13.6. The molecule has 28 heavy (non-hydrogen) atoms. The molecule has 2 aliphatic rings. The molecule has 0 radical (unpaired) electrons. The first-order valence-corrected chi connectivity index (χ1v) is 9.55. The monoisotopic (exact) mass is 377 g/mol. The average Bonchev–Trinajstić information content (AvgIpc) is 3.27. The van der Waals surface area contributed by atoms with Gasteiger partial charge < -0.3 is 9.73 Å². The van der Waals surface area contributed by atoms with Gasteiger partial charge in [0.15, 0.2) is 11.6 Å². The molecular formula is C21H20FN5O. The van der Waals surface area contributed by atoms with Crippen LogP contribution in [0.2, 0.25) is 0 Å². The summed E-state index contributed by atoms with van der Waals surface area (Å²) < 4.78 is 19.8. The molecule has 142 valence electrons. The number of hydrogen-bond donors (Lipinski definition) is 1. The zero-order chi connectivity index (χ0) is 19.3. The minimum absolute atomic E-state index is 0.208. The van der Waals surface area contributed by atoms with Gasteiger partial charge in [0, 0.05) is 23.1 Å². The zero-order valence-electron chi connectivity index (χ0n) is 15.7. The number of anilines is 1. The van der Waals surface area contributed by atoms with Gasteiger partial charge in [-0.05, 0) is 56.4 Å². The Morgan fingerprint density at radius 1 is 1.21 bits per heavy atom. The number of allylic oxidation sites excluding steroid dienone is 1. The van der Waals surface area contributed by atoms with Crippen molar-refractivity contribution >= 4 is 11.6 Å². The molecule has 1 saturated carbocycles. The summed E-state index contributed by atoms with van der Waals surface area (Å²) in [7, 11) is 0. The summed E-state index contributed by atoms with van der Waals surface area (Å²) in [5, 5.41) is 11.3. The van der Waals surface area contributed by atoms with Crippen LogP contribution in [0.4, 0.5) is 10.4 Å². The van der Waals surface area contributed by atoms with Crippen LogP contribution in [-0.4, -0.2) is 26.2 Å². The smallest absolute Gasteiger partial charge is 0.315 e. The third-order valence-corrected chi connectivity index (χ3v) is 4.99. The molecule has 0 aliphatic heterocycles. The molecule has 0 saturated heterocycles. The number of nitrogens with zero attached hydrogens (tertiary/aromatic N) is 4. The molecule has 2 heterocycles. The number of nitrogens with one attached hydrogen (secondary N) is 1. The van der Waals surface area contributed by atoms with Gasteiger partial charge in [-0.15, -0.1) is 5.10 Å². The molecule has 1 fully saturated rings. The molecular weight excluding hydrogens is 357 g/mol. The van der Waals surface area contributed by atoms with Crippen molar-refractivity contribution in [2.75, 3.05) is 5.32 Å². The van der Waals surface area contributed by atoms with Crippen LogP contribution in [0.1, 0.15) is 55.3 Å². The van der Waals surface area contributed by atoms with Crippen LogP contribution in [-0.2, 0) is 6.42 Å².